The molecule has 1 N–H and O–H groups in total. The predicted octanol–water partition coefficient (Wildman–Crippen LogP) is 3.84. The van der Waals surface area contributed by atoms with E-state index in [1.54, 1.807) is 0 Å². The Labute approximate surface area is 121 Å². The van der Waals surface area contributed by atoms with Crippen LogP contribution >= 0.6 is 0 Å². The molecule has 0 saturated heterocycles. The van der Waals surface area contributed by atoms with Gasteiger partial charge in [0.15, 0.2) is 0 Å². The van der Waals surface area contributed by atoms with Gasteiger partial charge in [-0.15, -0.1) is 0 Å². The number of carbonyl (C=O) groups excluding carboxylic acids is 1. The molecule has 0 aromatic heterocycles. The molecular formula is C17H24O3. The van der Waals surface area contributed by atoms with Crippen molar-refractivity contribution >= 4 is 11.8 Å². The van der Waals surface area contributed by atoms with Crippen LogP contribution in [0.3, 0.4) is 0 Å². The maximum Gasteiger partial charge on any atom is 0.372 e. The Hall–Kier alpha value is -1.64. The number of carboxylic acids is 1. The van der Waals surface area contributed by atoms with Crippen molar-refractivity contribution in [3.05, 3.63) is 34.9 Å². The SMILES string of the molecule is Cc1ccc(CCCCCCCC(=O)C(=O)O)c(C)c1. The lowest BCUT2D eigenvalue weighted by molar-refractivity contribution is -0.149. The fourth-order valence-corrected chi connectivity index (χ4v) is 2.36. The first kappa shape index (κ1) is 16.4. The highest BCUT2D eigenvalue weighted by molar-refractivity contribution is 6.32. The van der Waals surface area contributed by atoms with Gasteiger partial charge in [-0.2, -0.15) is 0 Å². The molecule has 0 radical (unpaired) electrons. The van der Waals surface area contributed by atoms with Crippen LogP contribution in [0.4, 0.5) is 0 Å². The lowest BCUT2D eigenvalue weighted by Gasteiger charge is -2.06. The molecular weight excluding hydrogens is 252 g/mol. The van der Waals surface area contributed by atoms with E-state index >= 15 is 0 Å². The van der Waals surface area contributed by atoms with Crippen LogP contribution in [0.5, 0.6) is 0 Å². The molecule has 0 aliphatic carbocycles. The van der Waals surface area contributed by atoms with E-state index in [0.717, 1.165) is 32.1 Å². The smallest absolute Gasteiger partial charge is 0.372 e. The molecule has 0 heterocycles. The van der Waals surface area contributed by atoms with E-state index in [4.69, 9.17) is 5.11 Å². The third-order valence-electron chi connectivity index (χ3n) is 3.59. The largest absolute Gasteiger partial charge is 0.476 e. The van der Waals surface area contributed by atoms with Gasteiger partial charge in [0.05, 0.1) is 0 Å². The summed E-state index contributed by atoms with van der Waals surface area (Å²) in [6.07, 6.45) is 6.25. The molecule has 0 aliphatic rings. The summed E-state index contributed by atoms with van der Waals surface area (Å²) in [6.45, 7) is 4.26. The average molecular weight is 276 g/mol. The number of ketones is 1. The van der Waals surface area contributed by atoms with Crippen molar-refractivity contribution in [1.82, 2.24) is 0 Å². The van der Waals surface area contributed by atoms with Gasteiger partial charge in [0.1, 0.15) is 0 Å². The van der Waals surface area contributed by atoms with Gasteiger partial charge in [-0.25, -0.2) is 4.79 Å². The van der Waals surface area contributed by atoms with Crippen LogP contribution in [0, 0.1) is 13.8 Å². The molecule has 20 heavy (non-hydrogen) atoms. The van der Waals surface area contributed by atoms with E-state index < -0.39 is 11.8 Å². The van der Waals surface area contributed by atoms with Gasteiger partial charge in [0.25, 0.3) is 0 Å². The summed E-state index contributed by atoms with van der Waals surface area (Å²) >= 11 is 0. The second-order valence-electron chi connectivity index (χ2n) is 5.43. The number of carbonyl (C=O) groups is 2. The Balaban J connectivity index is 2.10. The first-order chi connectivity index (χ1) is 9.50. The topological polar surface area (TPSA) is 54.4 Å². The van der Waals surface area contributed by atoms with Crippen molar-refractivity contribution in [3.8, 4) is 0 Å². The standard InChI is InChI=1S/C17H24O3/c1-13-10-11-15(14(2)12-13)8-6-4-3-5-7-9-16(18)17(19)20/h10-12H,3-9H2,1-2H3,(H,19,20). The Morgan fingerprint density at radius 2 is 1.65 bits per heavy atom. The van der Waals surface area contributed by atoms with Crippen molar-refractivity contribution < 1.29 is 14.7 Å². The molecule has 0 saturated carbocycles. The van der Waals surface area contributed by atoms with E-state index in [9.17, 15) is 9.59 Å². The molecule has 3 heteroatoms. The zero-order valence-corrected chi connectivity index (χ0v) is 12.4. The first-order valence-electron chi connectivity index (χ1n) is 7.33. The third kappa shape index (κ3) is 6.00. The average Bonchev–Trinajstić information content (AvgIpc) is 2.39. The summed E-state index contributed by atoms with van der Waals surface area (Å²) in [4.78, 5) is 21.2. The van der Waals surface area contributed by atoms with Crippen molar-refractivity contribution in [2.75, 3.05) is 0 Å². The Kier molecular flexibility index (Phi) is 6.99. The van der Waals surface area contributed by atoms with E-state index in [1.165, 1.54) is 16.7 Å². The minimum absolute atomic E-state index is 0.173. The summed E-state index contributed by atoms with van der Waals surface area (Å²) in [6, 6.07) is 6.57. The number of hydrogen-bond donors (Lipinski definition) is 1. The third-order valence-corrected chi connectivity index (χ3v) is 3.59. The number of Topliss-reactive ketones (excluding diaryl/α,β-unsaturated/α-hetero) is 1. The zero-order valence-electron chi connectivity index (χ0n) is 12.4. The van der Waals surface area contributed by atoms with Crippen LogP contribution in [0.2, 0.25) is 0 Å². The van der Waals surface area contributed by atoms with Crippen molar-refractivity contribution in [2.45, 2.75) is 58.8 Å². The molecule has 0 amide bonds. The Morgan fingerprint density at radius 3 is 2.30 bits per heavy atom. The van der Waals surface area contributed by atoms with Gasteiger partial charge in [-0.3, -0.25) is 4.79 Å². The van der Waals surface area contributed by atoms with Crippen molar-refractivity contribution in [2.24, 2.45) is 0 Å². The molecule has 110 valence electrons. The summed E-state index contributed by atoms with van der Waals surface area (Å²) in [7, 11) is 0. The van der Waals surface area contributed by atoms with Gasteiger partial charge < -0.3 is 5.11 Å². The summed E-state index contributed by atoms with van der Waals surface area (Å²) in [5.74, 6) is -1.97. The number of aliphatic carboxylic acids is 1. The van der Waals surface area contributed by atoms with Crippen LogP contribution in [-0.4, -0.2) is 16.9 Å². The molecule has 1 aromatic carbocycles. The number of carboxylic acid groups (broad SMARTS) is 1. The quantitative estimate of drug-likeness (QED) is 0.550. The van der Waals surface area contributed by atoms with Gasteiger partial charge in [0.2, 0.25) is 5.78 Å². The second-order valence-corrected chi connectivity index (χ2v) is 5.43. The molecule has 0 unspecified atom stereocenters. The number of hydrogen-bond acceptors (Lipinski definition) is 2. The molecule has 0 atom stereocenters. The van der Waals surface area contributed by atoms with Crippen LogP contribution in [-0.2, 0) is 16.0 Å². The number of rotatable bonds is 9. The molecule has 0 fully saturated rings. The van der Waals surface area contributed by atoms with E-state index in [-0.39, 0.29) is 6.42 Å². The highest BCUT2D eigenvalue weighted by Gasteiger charge is 2.09. The monoisotopic (exact) mass is 276 g/mol. The predicted molar refractivity (Wildman–Crippen MR) is 80.0 cm³/mol. The van der Waals surface area contributed by atoms with Gasteiger partial charge in [0, 0.05) is 6.42 Å². The number of unbranched alkanes of at least 4 members (excludes halogenated alkanes) is 4. The zero-order chi connectivity index (χ0) is 15.0. The van der Waals surface area contributed by atoms with Gasteiger partial charge >= 0.3 is 5.97 Å². The lowest BCUT2D eigenvalue weighted by atomic mass is 9.99. The number of aryl methyl sites for hydroxylation is 3. The van der Waals surface area contributed by atoms with E-state index in [2.05, 4.69) is 32.0 Å². The maximum absolute atomic E-state index is 10.9. The lowest BCUT2D eigenvalue weighted by Crippen LogP contribution is -2.11. The fourth-order valence-electron chi connectivity index (χ4n) is 2.36. The highest BCUT2D eigenvalue weighted by Crippen LogP contribution is 2.15. The normalized spacial score (nSPS) is 10.5. The minimum Gasteiger partial charge on any atom is -0.476 e. The van der Waals surface area contributed by atoms with Gasteiger partial charge in [-0.1, -0.05) is 43.0 Å². The van der Waals surface area contributed by atoms with Crippen LogP contribution in [0.25, 0.3) is 0 Å². The fraction of sp³-hybridized carbons (Fsp3) is 0.529. The summed E-state index contributed by atoms with van der Waals surface area (Å²) < 4.78 is 0. The molecule has 0 aliphatic heterocycles. The van der Waals surface area contributed by atoms with Gasteiger partial charge in [-0.05, 0) is 44.2 Å². The summed E-state index contributed by atoms with van der Waals surface area (Å²) in [5, 5.41) is 8.44. The van der Waals surface area contributed by atoms with Crippen LogP contribution < -0.4 is 0 Å². The molecule has 0 bridgehead atoms. The van der Waals surface area contributed by atoms with Crippen molar-refractivity contribution in [1.29, 1.82) is 0 Å². The number of benzene rings is 1. The minimum atomic E-state index is -1.31. The molecule has 0 spiro atoms. The summed E-state index contributed by atoms with van der Waals surface area (Å²) in [5.41, 5.74) is 4.07. The van der Waals surface area contributed by atoms with Crippen LogP contribution in [0.1, 0.15) is 55.2 Å². The van der Waals surface area contributed by atoms with Crippen LogP contribution in [0.15, 0.2) is 18.2 Å². The molecule has 1 rings (SSSR count). The molecule has 1 aromatic rings. The van der Waals surface area contributed by atoms with Crippen molar-refractivity contribution in [3.63, 3.8) is 0 Å². The first-order valence-corrected chi connectivity index (χ1v) is 7.33. The second kappa shape index (κ2) is 8.51. The highest BCUT2D eigenvalue weighted by atomic mass is 16.4. The van der Waals surface area contributed by atoms with E-state index in [1.807, 2.05) is 0 Å². The maximum atomic E-state index is 10.9. The Morgan fingerprint density at radius 1 is 1.00 bits per heavy atom. The Bertz CT molecular complexity index is 463. The van der Waals surface area contributed by atoms with E-state index in [0.29, 0.717) is 6.42 Å². The molecule has 3 nitrogen and oxygen atoms in total.